The van der Waals surface area contributed by atoms with Crippen LogP contribution in [0.1, 0.15) is 23.2 Å². The molecule has 0 atom stereocenters. The predicted molar refractivity (Wildman–Crippen MR) is 130 cm³/mol. The van der Waals surface area contributed by atoms with E-state index in [9.17, 15) is 23.1 Å². The van der Waals surface area contributed by atoms with Crippen LogP contribution in [0, 0.1) is 0 Å². The number of hydrogen-bond acceptors (Lipinski definition) is 8. The molecule has 0 unspecified atom stereocenters. The van der Waals surface area contributed by atoms with Crippen molar-refractivity contribution in [2.45, 2.75) is 17.7 Å². The number of phenolic OH excluding ortho intramolecular Hbond substituents is 1. The second kappa shape index (κ2) is 10.2. The van der Waals surface area contributed by atoms with Crippen LogP contribution in [-0.2, 0) is 19.6 Å². The van der Waals surface area contributed by atoms with Crippen LogP contribution in [0.15, 0.2) is 57.2 Å². The molecule has 0 radical (unpaired) electrons. The van der Waals surface area contributed by atoms with Crippen molar-refractivity contribution in [3.8, 4) is 17.0 Å². The number of ether oxygens (including phenoxy) is 1. The normalized spacial score (nSPS) is 14.1. The predicted octanol–water partition coefficient (Wildman–Crippen LogP) is 3.86. The molecule has 4 rings (SSSR count). The monoisotopic (exact) mass is 565 g/mol. The van der Waals surface area contributed by atoms with Crippen molar-refractivity contribution in [2.75, 3.05) is 25.0 Å². The van der Waals surface area contributed by atoms with Gasteiger partial charge in [-0.05, 0) is 43.2 Å². The van der Waals surface area contributed by atoms with Gasteiger partial charge in [-0.25, -0.2) is 18.2 Å². The summed E-state index contributed by atoms with van der Waals surface area (Å²) in [4.78, 5) is 28.9. The number of rotatable bonds is 7. The Bertz CT molecular complexity index is 1340. The van der Waals surface area contributed by atoms with Gasteiger partial charge in [0.25, 0.3) is 5.91 Å². The lowest BCUT2D eigenvalue weighted by Gasteiger charge is -2.16. The number of esters is 1. The van der Waals surface area contributed by atoms with E-state index in [0.29, 0.717) is 23.9 Å². The molecule has 12 heteroatoms. The van der Waals surface area contributed by atoms with Gasteiger partial charge in [-0.2, -0.15) is 4.31 Å². The Morgan fingerprint density at radius 1 is 1.18 bits per heavy atom. The molecule has 1 fully saturated rings. The maximum absolute atomic E-state index is 12.7. The van der Waals surface area contributed by atoms with E-state index in [2.05, 4.69) is 26.2 Å². The molecule has 9 nitrogen and oxygen atoms in total. The van der Waals surface area contributed by atoms with Crippen molar-refractivity contribution >= 4 is 54.3 Å². The quantitative estimate of drug-likeness (QED) is 0.416. The van der Waals surface area contributed by atoms with Crippen molar-refractivity contribution in [1.29, 1.82) is 0 Å². The molecule has 2 aromatic carbocycles. The van der Waals surface area contributed by atoms with Gasteiger partial charge in [-0.15, -0.1) is 11.3 Å². The number of benzene rings is 2. The summed E-state index contributed by atoms with van der Waals surface area (Å²) in [7, 11) is -3.78. The van der Waals surface area contributed by atoms with Crippen LogP contribution in [0.5, 0.6) is 5.75 Å². The van der Waals surface area contributed by atoms with Gasteiger partial charge >= 0.3 is 5.97 Å². The van der Waals surface area contributed by atoms with Crippen LogP contribution < -0.4 is 5.32 Å². The van der Waals surface area contributed by atoms with Gasteiger partial charge in [0.1, 0.15) is 11.3 Å². The third-order valence-electron chi connectivity index (χ3n) is 5.10. The minimum Gasteiger partial charge on any atom is -0.507 e. The lowest BCUT2D eigenvalue weighted by Crippen LogP contribution is -2.28. The zero-order valence-corrected chi connectivity index (χ0v) is 21.0. The molecule has 0 bridgehead atoms. The number of nitrogens with zero attached hydrogens (tertiary/aromatic N) is 2. The smallest absolute Gasteiger partial charge is 0.342 e. The third-order valence-corrected chi connectivity index (χ3v) is 8.24. The van der Waals surface area contributed by atoms with Gasteiger partial charge < -0.3 is 9.84 Å². The Balaban J connectivity index is 1.39. The van der Waals surface area contributed by atoms with E-state index in [1.165, 1.54) is 21.7 Å². The zero-order valence-electron chi connectivity index (χ0n) is 17.7. The van der Waals surface area contributed by atoms with Crippen LogP contribution in [0.4, 0.5) is 5.13 Å². The number of phenols is 1. The van der Waals surface area contributed by atoms with Gasteiger partial charge in [0.2, 0.25) is 10.0 Å². The summed E-state index contributed by atoms with van der Waals surface area (Å²) >= 11 is 4.62. The molecule has 2 N–H and O–H groups in total. The molecule has 2 heterocycles. The lowest BCUT2D eigenvalue weighted by molar-refractivity contribution is -0.119. The van der Waals surface area contributed by atoms with Crippen LogP contribution in [0.3, 0.4) is 0 Å². The first-order valence-corrected chi connectivity index (χ1v) is 13.4. The molecule has 1 aromatic heterocycles. The zero-order chi connectivity index (χ0) is 24.3. The molecule has 3 aromatic rings. The van der Waals surface area contributed by atoms with Gasteiger partial charge in [-0.1, -0.05) is 28.1 Å². The first kappa shape index (κ1) is 24.3. The minimum atomic E-state index is -3.78. The molecule has 0 spiro atoms. The number of hydrogen-bond donors (Lipinski definition) is 2. The summed E-state index contributed by atoms with van der Waals surface area (Å²) in [6, 6.07) is 11.0. The summed E-state index contributed by atoms with van der Waals surface area (Å²) in [5, 5.41) is 14.7. The Morgan fingerprint density at radius 2 is 1.94 bits per heavy atom. The first-order chi connectivity index (χ1) is 16.2. The minimum absolute atomic E-state index is 0.119. The highest BCUT2D eigenvalue weighted by Crippen LogP contribution is 2.28. The fourth-order valence-corrected chi connectivity index (χ4v) is 6.07. The average Bonchev–Trinajstić information content (AvgIpc) is 3.51. The van der Waals surface area contributed by atoms with Crippen LogP contribution in [0.2, 0.25) is 0 Å². The fraction of sp³-hybridized carbons (Fsp3) is 0.227. The largest absolute Gasteiger partial charge is 0.507 e. The molecule has 1 amide bonds. The fourth-order valence-electron chi connectivity index (χ4n) is 3.39. The van der Waals surface area contributed by atoms with E-state index >= 15 is 0 Å². The number of aromatic hydroxyl groups is 1. The number of sulfonamides is 1. The summed E-state index contributed by atoms with van der Waals surface area (Å²) in [5.74, 6) is -2.08. The average molecular weight is 566 g/mol. The number of anilines is 1. The molecule has 0 saturated carbocycles. The Hall–Kier alpha value is -2.80. The van der Waals surface area contributed by atoms with E-state index < -0.39 is 34.3 Å². The topological polar surface area (TPSA) is 126 Å². The van der Waals surface area contributed by atoms with Crippen LogP contribution in [0.25, 0.3) is 11.3 Å². The van der Waals surface area contributed by atoms with Crippen molar-refractivity contribution in [3.63, 3.8) is 0 Å². The standard InChI is InChI=1S/C22H20BrN3O6S2/c23-15-5-3-4-14(10-15)18-13-33-22(24-18)25-20(28)12-32-21(29)17-11-16(6-7-19(17)27)34(30,31)26-8-1-2-9-26/h3-7,10-11,13,27H,1-2,8-9,12H2,(H,24,25,28). The van der Waals surface area contributed by atoms with E-state index in [1.807, 2.05) is 24.3 Å². The molecule has 1 saturated heterocycles. The first-order valence-electron chi connectivity index (χ1n) is 10.3. The molecular formula is C22H20BrN3O6S2. The molecular weight excluding hydrogens is 546 g/mol. The van der Waals surface area contributed by atoms with E-state index in [-0.39, 0.29) is 10.5 Å². The molecule has 178 valence electrons. The van der Waals surface area contributed by atoms with Crippen LogP contribution in [-0.4, -0.2) is 54.4 Å². The van der Waals surface area contributed by atoms with Crippen molar-refractivity contribution in [1.82, 2.24) is 9.29 Å². The Kier molecular flexibility index (Phi) is 7.31. The molecule has 34 heavy (non-hydrogen) atoms. The summed E-state index contributed by atoms with van der Waals surface area (Å²) in [6.07, 6.45) is 1.54. The Morgan fingerprint density at radius 3 is 2.68 bits per heavy atom. The number of halogens is 1. The Labute approximate surface area is 208 Å². The number of carbonyl (C=O) groups is 2. The summed E-state index contributed by atoms with van der Waals surface area (Å²) < 4.78 is 32.7. The van der Waals surface area contributed by atoms with E-state index in [0.717, 1.165) is 35.0 Å². The van der Waals surface area contributed by atoms with Gasteiger partial charge in [0, 0.05) is 28.5 Å². The lowest BCUT2D eigenvalue weighted by atomic mass is 10.2. The second-order valence-electron chi connectivity index (χ2n) is 7.46. The van der Waals surface area contributed by atoms with Crippen molar-refractivity contribution in [3.05, 3.63) is 57.9 Å². The van der Waals surface area contributed by atoms with Crippen molar-refractivity contribution < 1.29 is 27.9 Å². The third kappa shape index (κ3) is 5.46. The number of carbonyl (C=O) groups excluding carboxylic acids is 2. The maximum Gasteiger partial charge on any atom is 0.342 e. The summed E-state index contributed by atoms with van der Waals surface area (Å²) in [5.41, 5.74) is 1.22. The van der Waals surface area contributed by atoms with Gasteiger partial charge in [0.15, 0.2) is 11.7 Å². The molecule has 0 aliphatic carbocycles. The number of aromatic nitrogens is 1. The molecule has 1 aliphatic heterocycles. The van der Waals surface area contributed by atoms with Gasteiger partial charge in [0.05, 0.1) is 10.6 Å². The van der Waals surface area contributed by atoms with Crippen LogP contribution >= 0.6 is 27.3 Å². The maximum atomic E-state index is 12.7. The van der Waals surface area contributed by atoms with E-state index in [4.69, 9.17) is 4.74 Å². The van der Waals surface area contributed by atoms with E-state index in [1.54, 1.807) is 5.38 Å². The van der Waals surface area contributed by atoms with Crippen molar-refractivity contribution in [2.24, 2.45) is 0 Å². The summed E-state index contributed by atoms with van der Waals surface area (Å²) in [6.45, 7) is 0.180. The SMILES string of the molecule is O=C(COC(=O)c1cc(S(=O)(=O)N2CCCC2)ccc1O)Nc1nc(-c2cccc(Br)c2)cs1. The highest BCUT2D eigenvalue weighted by Gasteiger charge is 2.29. The molecule has 1 aliphatic rings. The van der Waals surface area contributed by atoms with Gasteiger partial charge in [-0.3, -0.25) is 10.1 Å². The second-order valence-corrected chi connectivity index (χ2v) is 11.2. The number of amides is 1. The highest BCUT2D eigenvalue weighted by atomic mass is 79.9. The highest BCUT2D eigenvalue weighted by molar-refractivity contribution is 9.10. The number of thiazole rings is 1. The number of nitrogens with one attached hydrogen (secondary N) is 1.